The number of hydrogen-bond acceptors (Lipinski definition) is 4. The third-order valence-electron chi connectivity index (χ3n) is 3.95. The number of methoxy groups -OCH3 is 1. The monoisotopic (exact) mass is 359 g/mol. The van der Waals surface area contributed by atoms with Crippen molar-refractivity contribution in [2.45, 2.75) is 13.2 Å². The second-order valence-corrected chi connectivity index (χ2v) is 6.84. The van der Waals surface area contributed by atoms with Gasteiger partial charge in [0.2, 0.25) is 0 Å². The highest BCUT2D eigenvalue weighted by Crippen LogP contribution is 2.34. The van der Waals surface area contributed by atoms with Gasteiger partial charge in [0, 0.05) is 36.4 Å². The lowest BCUT2D eigenvalue weighted by atomic mass is 10.1. The number of carbonyl (C=O) groups excluding carboxylic acids is 1. The number of phenolic OH excluding ortho intramolecular Hbond substituents is 1. The Bertz CT molecular complexity index is 905. The molecule has 0 bridgehead atoms. The largest absolute Gasteiger partial charge is 0.508 e. The molecule has 0 unspecified atom stereocenters. The molecule has 0 fully saturated rings. The van der Waals surface area contributed by atoms with Crippen LogP contribution in [0.15, 0.2) is 42.5 Å². The fourth-order valence-corrected chi connectivity index (χ4v) is 3.96. The number of ether oxygens (including phenoxy) is 1. The molecular formula is C19H18FNO3S. The van der Waals surface area contributed by atoms with Gasteiger partial charge in [-0.05, 0) is 29.8 Å². The summed E-state index contributed by atoms with van der Waals surface area (Å²) in [6, 6.07) is 11.5. The van der Waals surface area contributed by atoms with Crippen molar-refractivity contribution in [1.29, 1.82) is 0 Å². The number of nitrogens with zero attached hydrogens (tertiary/aromatic N) is 1. The normalized spacial score (nSPS) is 11.0. The highest BCUT2D eigenvalue weighted by Gasteiger charge is 2.23. The number of amides is 1. The van der Waals surface area contributed by atoms with E-state index in [1.807, 2.05) is 0 Å². The van der Waals surface area contributed by atoms with Crippen molar-refractivity contribution in [2.75, 3.05) is 14.2 Å². The summed E-state index contributed by atoms with van der Waals surface area (Å²) in [5.74, 6) is -0.346. The number of rotatable bonds is 5. The molecule has 1 heterocycles. The van der Waals surface area contributed by atoms with Crippen molar-refractivity contribution in [1.82, 2.24) is 4.90 Å². The molecule has 0 aliphatic carbocycles. The Balaban J connectivity index is 1.94. The smallest absolute Gasteiger partial charge is 0.264 e. The summed E-state index contributed by atoms with van der Waals surface area (Å²) in [6.45, 7) is 0.567. The molecule has 130 valence electrons. The molecule has 0 radical (unpaired) electrons. The van der Waals surface area contributed by atoms with Crippen LogP contribution in [0.4, 0.5) is 4.39 Å². The fourth-order valence-electron chi connectivity index (χ4n) is 2.74. The Labute approximate surface area is 149 Å². The Morgan fingerprint density at radius 2 is 1.96 bits per heavy atom. The SMILES string of the molecule is COCc1c(C(=O)N(C)Cc2ccc(O)cc2)sc2cccc(F)c12. The molecule has 2 aromatic carbocycles. The van der Waals surface area contributed by atoms with Crippen LogP contribution in [0.2, 0.25) is 0 Å². The van der Waals surface area contributed by atoms with Crippen LogP contribution in [0.1, 0.15) is 20.8 Å². The lowest BCUT2D eigenvalue weighted by molar-refractivity contribution is 0.0785. The number of benzene rings is 2. The lowest BCUT2D eigenvalue weighted by Crippen LogP contribution is -2.26. The van der Waals surface area contributed by atoms with Gasteiger partial charge in [0.05, 0.1) is 11.5 Å². The van der Waals surface area contributed by atoms with Gasteiger partial charge in [-0.15, -0.1) is 11.3 Å². The first kappa shape index (κ1) is 17.4. The van der Waals surface area contributed by atoms with Gasteiger partial charge >= 0.3 is 0 Å². The summed E-state index contributed by atoms with van der Waals surface area (Å²) in [7, 11) is 3.23. The molecule has 1 aromatic heterocycles. The van der Waals surface area contributed by atoms with Crippen molar-refractivity contribution in [3.8, 4) is 5.75 Å². The van der Waals surface area contributed by atoms with Crippen molar-refractivity contribution in [3.63, 3.8) is 0 Å². The summed E-state index contributed by atoms with van der Waals surface area (Å²) in [4.78, 5) is 15.0. The molecule has 1 amide bonds. The van der Waals surface area contributed by atoms with Gasteiger partial charge in [-0.1, -0.05) is 18.2 Å². The average Bonchev–Trinajstić information content (AvgIpc) is 2.96. The molecule has 3 rings (SSSR count). The average molecular weight is 359 g/mol. The van der Waals surface area contributed by atoms with Crippen molar-refractivity contribution < 1.29 is 19.0 Å². The molecule has 0 saturated carbocycles. The minimum atomic E-state index is -0.346. The molecule has 0 aliphatic heterocycles. The van der Waals surface area contributed by atoms with Gasteiger partial charge in [-0.25, -0.2) is 4.39 Å². The quantitative estimate of drug-likeness (QED) is 0.744. The summed E-state index contributed by atoms with van der Waals surface area (Å²) >= 11 is 1.28. The van der Waals surface area contributed by atoms with E-state index in [1.165, 1.54) is 24.5 Å². The number of carbonyl (C=O) groups is 1. The second-order valence-electron chi connectivity index (χ2n) is 5.78. The van der Waals surface area contributed by atoms with Crippen LogP contribution in [0.5, 0.6) is 5.75 Å². The van der Waals surface area contributed by atoms with E-state index in [1.54, 1.807) is 48.3 Å². The first-order chi connectivity index (χ1) is 12.0. The van der Waals surface area contributed by atoms with E-state index < -0.39 is 0 Å². The topological polar surface area (TPSA) is 49.8 Å². The summed E-state index contributed by atoms with van der Waals surface area (Å²) in [5.41, 5.74) is 1.48. The predicted molar refractivity (Wildman–Crippen MR) is 96.4 cm³/mol. The number of fused-ring (bicyclic) bond motifs is 1. The lowest BCUT2D eigenvalue weighted by Gasteiger charge is -2.17. The third kappa shape index (κ3) is 3.50. The van der Waals surface area contributed by atoms with E-state index in [0.29, 0.717) is 22.4 Å². The number of halogens is 1. The van der Waals surface area contributed by atoms with Gasteiger partial charge in [0.15, 0.2) is 0 Å². The highest BCUT2D eigenvalue weighted by atomic mass is 32.1. The van der Waals surface area contributed by atoms with E-state index in [4.69, 9.17) is 4.74 Å². The van der Waals surface area contributed by atoms with Crippen molar-refractivity contribution in [3.05, 3.63) is 64.3 Å². The number of aromatic hydroxyl groups is 1. The van der Waals surface area contributed by atoms with Crippen LogP contribution in [-0.2, 0) is 17.9 Å². The van der Waals surface area contributed by atoms with Crippen LogP contribution in [0, 0.1) is 5.82 Å². The maximum absolute atomic E-state index is 14.2. The predicted octanol–water partition coefficient (Wildman–Crippen LogP) is 4.16. The zero-order chi connectivity index (χ0) is 18.0. The minimum absolute atomic E-state index is 0.176. The van der Waals surface area contributed by atoms with Crippen LogP contribution < -0.4 is 0 Å². The van der Waals surface area contributed by atoms with Crippen LogP contribution in [0.3, 0.4) is 0 Å². The minimum Gasteiger partial charge on any atom is -0.508 e. The van der Waals surface area contributed by atoms with E-state index in [0.717, 1.165) is 10.3 Å². The van der Waals surface area contributed by atoms with Crippen molar-refractivity contribution in [2.24, 2.45) is 0 Å². The summed E-state index contributed by atoms with van der Waals surface area (Å²) in [6.07, 6.45) is 0. The summed E-state index contributed by atoms with van der Waals surface area (Å²) < 4.78 is 20.2. The zero-order valence-corrected chi connectivity index (χ0v) is 14.8. The third-order valence-corrected chi connectivity index (χ3v) is 5.13. The Hall–Kier alpha value is -2.44. The van der Waals surface area contributed by atoms with E-state index in [-0.39, 0.29) is 24.1 Å². The summed E-state index contributed by atoms with van der Waals surface area (Å²) in [5, 5.41) is 9.81. The van der Waals surface area contributed by atoms with Gasteiger partial charge in [-0.2, -0.15) is 0 Å². The standard InChI is InChI=1S/C19H18FNO3S/c1-21(10-12-6-8-13(22)9-7-12)19(23)18-14(11-24-2)17-15(20)4-3-5-16(17)25-18/h3-9,22H,10-11H2,1-2H3. The van der Waals surface area contributed by atoms with E-state index >= 15 is 0 Å². The highest BCUT2D eigenvalue weighted by molar-refractivity contribution is 7.21. The number of phenols is 1. The molecule has 1 N–H and O–H groups in total. The van der Waals surface area contributed by atoms with Crippen LogP contribution in [0.25, 0.3) is 10.1 Å². The molecular weight excluding hydrogens is 341 g/mol. The molecule has 0 spiro atoms. The Morgan fingerprint density at radius 1 is 1.24 bits per heavy atom. The van der Waals surface area contributed by atoms with Crippen LogP contribution >= 0.6 is 11.3 Å². The fraction of sp³-hybridized carbons (Fsp3) is 0.211. The second kappa shape index (κ2) is 7.21. The molecule has 3 aromatic rings. The maximum Gasteiger partial charge on any atom is 0.264 e. The molecule has 25 heavy (non-hydrogen) atoms. The first-order valence-corrected chi connectivity index (χ1v) is 8.55. The zero-order valence-electron chi connectivity index (χ0n) is 14.0. The first-order valence-electron chi connectivity index (χ1n) is 7.73. The number of thiophene rings is 1. The van der Waals surface area contributed by atoms with E-state index in [2.05, 4.69) is 0 Å². The molecule has 6 heteroatoms. The maximum atomic E-state index is 14.2. The number of hydrogen-bond donors (Lipinski definition) is 1. The molecule has 0 saturated heterocycles. The Morgan fingerprint density at radius 3 is 2.64 bits per heavy atom. The van der Waals surface area contributed by atoms with Gasteiger partial charge in [0.25, 0.3) is 5.91 Å². The molecule has 4 nitrogen and oxygen atoms in total. The Kier molecular flexibility index (Phi) is 5.01. The van der Waals surface area contributed by atoms with Crippen molar-refractivity contribution >= 4 is 27.3 Å². The molecule has 0 aliphatic rings. The van der Waals surface area contributed by atoms with E-state index in [9.17, 15) is 14.3 Å². The van der Waals surface area contributed by atoms with Crippen LogP contribution in [-0.4, -0.2) is 30.1 Å². The van der Waals surface area contributed by atoms with Gasteiger partial charge in [0.1, 0.15) is 11.6 Å². The van der Waals surface area contributed by atoms with Gasteiger partial charge in [-0.3, -0.25) is 4.79 Å². The molecule has 0 atom stereocenters. The van der Waals surface area contributed by atoms with Gasteiger partial charge < -0.3 is 14.7 Å².